The third kappa shape index (κ3) is 7.97. The van der Waals surface area contributed by atoms with Crippen LogP contribution in [0.3, 0.4) is 0 Å². The van der Waals surface area contributed by atoms with Crippen LogP contribution in [-0.2, 0) is 0 Å². The highest BCUT2D eigenvalue weighted by molar-refractivity contribution is 6.30. The SMILES string of the molecule is CCCNC(CCOc1ccc(Cl)cc1)c1ccc(OC(=O)N(C)C)cc1.Cl. The van der Waals surface area contributed by atoms with Gasteiger partial charge in [-0.3, -0.25) is 0 Å². The number of rotatable bonds is 9. The van der Waals surface area contributed by atoms with Crippen molar-refractivity contribution in [2.45, 2.75) is 25.8 Å². The first-order valence-corrected chi connectivity index (χ1v) is 9.48. The van der Waals surface area contributed by atoms with Crippen LogP contribution in [-0.4, -0.2) is 38.2 Å². The maximum absolute atomic E-state index is 11.6. The van der Waals surface area contributed by atoms with Gasteiger partial charge in [0.05, 0.1) is 6.61 Å². The standard InChI is InChI=1S/C21H27ClN2O3.ClH/c1-4-14-23-20(13-15-26-18-11-7-17(22)8-12-18)16-5-9-19(10-6-16)27-21(25)24(2)3;/h5-12,20,23H,4,13-15H2,1-3H3;1H. The molecule has 0 bridgehead atoms. The molecule has 154 valence electrons. The fourth-order valence-corrected chi connectivity index (χ4v) is 2.62. The van der Waals surface area contributed by atoms with Gasteiger partial charge in [0.2, 0.25) is 0 Å². The van der Waals surface area contributed by atoms with Crippen molar-refractivity contribution in [1.82, 2.24) is 10.2 Å². The quantitative estimate of drug-likeness (QED) is 0.588. The first-order valence-electron chi connectivity index (χ1n) is 9.10. The zero-order valence-corrected chi connectivity index (χ0v) is 18.1. The van der Waals surface area contributed by atoms with Crippen LogP contribution in [0.1, 0.15) is 31.4 Å². The van der Waals surface area contributed by atoms with E-state index in [1.165, 1.54) is 4.90 Å². The van der Waals surface area contributed by atoms with Crippen molar-refractivity contribution in [3.63, 3.8) is 0 Å². The maximum Gasteiger partial charge on any atom is 0.414 e. The molecule has 1 unspecified atom stereocenters. The van der Waals surface area contributed by atoms with Crippen molar-refractivity contribution in [2.24, 2.45) is 0 Å². The number of nitrogens with zero attached hydrogens (tertiary/aromatic N) is 1. The smallest absolute Gasteiger partial charge is 0.414 e. The summed E-state index contributed by atoms with van der Waals surface area (Å²) in [6.07, 6.45) is 1.48. The summed E-state index contributed by atoms with van der Waals surface area (Å²) in [5.41, 5.74) is 1.13. The van der Waals surface area contributed by atoms with Gasteiger partial charge in [-0.2, -0.15) is 0 Å². The van der Waals surface area contributed by atoms with Crippen LogP contribution in [0.2, 0.25) is 5.02 Å². The van der Waals surface area contributed by atoms with Gasteiger partial charge in [-0.1, -0.05) is 30.7 Å². The predicted octanol–water partition coefficient (Wildman–Crippen LogP) is 5.33. The van der Waals surface area contributed by atoms with Crippen molar-refractivity contribution in [3.8, 4) is 11.5 Å². The van der Waals surface area contributed by atoms with E-state index in [1.54, 1.807) is 14.1 Å². The highest BCUT2D eigenvalue weighted by Gasteiger charge is 2.12. The molecule has 2 aromatic rings. The van der Waals surface area contributed by atoms with Gasteiger partial charge in [-0.15, -0.1) is 12.4 Å². The Kier molecular flexibility index (Phi) is 10.8. The zero-order valence-electron chi connectivity index (χ0n) is 16.5. The minimum Gasteiger partial charge on any atom is -0.494 e. The van der Waals surface area contributed by atoms with Crippen LogP contribution in [0.4, 0.5) is 4.79 Å². The number of benzene rings is 2. The van der Waals surface area contributed by atoms with Crippen LogP contribution in [0.25, 0.3) is 0 Å². The normalized spacial score (nSPS) is 11.3. The van der Waals surface area contributed by atoms with Gasteiger partial charge in [0, 0.05) is 31.6 Å². The summed E-state index contributed by atoms with van der Waals surface area (Å²) < 4.78 is 11.1. The van der Waals surface area contributed by atoms with Crippen molar-refractivity contribution in [3.05, 3.63) is 59.1 Å². The van der Waals surface area contributed by atoms with Crippen LogP contribution in [0.15, 0.2) is 48.5 Å². The van der Waals surface area contributed by atoms with E-state index in [0.29, 0.717) is 17.4 Å². The monoisotopic (exact) mass is 426 g/mol. The highest BCUT2D eigenvalue weighted by atomic mass is 35.5. The predicted molar refractivity (Wildman–Crippen MR) is 116 cm³/mol. The van der Waals surface area contributed by atoms with E-state index >= 15 is 0 Å². The number of halogens is 2. The number of carbonyl (C=O) groups is 1. The average Bonchev–Trinajstić information content (AvgIpc) is 2.66. The summed E-state index contributed by atoms with van der Waals surface area (Å²) in [7, 11) is 3.31. The lowest BCUT2D eigenvalue weighted by molar-refractivity contribution is 0.172. The molecule has 0 aliphatic rings. The first-order chi connectivity index (χ1) is 13.0. The van der Waals surface area contributed by atoms with E-state index in [4.69, 9.17) is 21.1 Å². The second kappa shape index (κ2) is 12.5. The number of ether oxygens (including phenoxy) is 2. The molecule has 0 saturated heterocycles. The van der Waals surface area contributed by atoms with Crippen molar-refractivity contribution < 1.29 is 14.3 Å². The topological polar surface area (TPSA) is 50.8 Å². The first kappa shape index (κ1) is 24.1. The molecule has 0 saturated carbocycles. The van der Waals surface area contributed by atoms with Gasteiger partial charge in [0.15, 0.2) is 0 Å². The molecule has 0 fully saturated rings. The van der Waals surface area contributed by atoms with Gasteiger partial charge in [-0.05, 0) is 54.9 Å². The van der Waals surface area contributed by atoms with E-state index in [1.807, 2.05) is 48.5 Å². The highest BCUT2D eigenvalue weighted by Crippen LogP contribution is 2.22. The Morgan fingerprint density at radius 1 is 1.07 bits per heavy atom. The number of amides is 1. The molecule has 2 aromatic carbocycles. The summed E-state index contributed by atoms with van der Waals surface area (Å²) in [4.78, 5) is 13.0. The van der Waals surface area contributed by atoms with E-state index in [9.17, 15) is 4.79 Å². The van der Waals surface area contributed by atoms with E-state index < -0.39 is 0 Å². The molecule has 0 aliphatic carbocycles. The average molecular weight is 427 g/mol. The molecule has 0 spiro atoms. The molecule has 28 heavy (non-hydrogen) atoms. The third-order valence-corrected chi connectivity index (χ3v) is 4.23. The van der Waals surface area contributed by atoms with Gasteiger partial charge in [0.25, 0.3) is 0 Å². The fraction of sp³-hybridized carbons (Fsp3) is 0.381. The fourth-order valence-electron chi connectivity index (χ4n) is 2.49. The second-order valence-corrected chi connectivity index (χ2v) is 6.87. The molecule has 0 heterocycles. The molecule has 7 heteroatoms. The van der Waals surface area contributed by atoms with E-state index in [2.05, 4.69) is 12.2 Å². The summed E-state index contributed by atoms with van der Waals surface area (Å²) in [6, 6.07) is 15.1. The number of hydrogen-bond donors (Lipinski definition) is 1. The molecule has 1 amide bonds. The van der Waals surface area contributed by atoms with E-state index in [0.717, 1.165) is 30.7 Å². The molecule has 0 aromatic heterocycles. The minimum atomic E-state index is -0.389. The Morgan fingerprint density at radius 2 is 1.68 bits per heavy atom. The molecular weight excluding hydrogens is 399 g/mol. The van der Waals surface area contributed by atoms with Gasteiger partial charge >= 0.3 is 6.09 Å². The molecule has 2 rings (SSSR count). The molecule has 1 atom stereocenters. The van der Waals surface area contributed by atoms with Crippen molar-refractivity contribution in [1.29, 1.82) is 0 Å². The Balaban J connectivity index is 0.00000392. The summed E-state index contributed by atoms with van der Waals surface area (Å²) in [6.45, 7) is 3.64. The molecule has 5 nitrogen and oxygen atoms in total. The molecular formula is C21H28Cl2N2O3. The zero-order chi connectivity index (χ0) is 19.6. The lowest BCUT2D eigenvalue weighted by atomic mass is 10.0. The van der Waals surface area contributed by atoms with E-state index in [-0.39, 0.29) is 24.5 Å². The van der Waals surface area contributed by atoms with Crippen LogP contribution >= 0.6 is 24.0 Å². The Labute approximate surface area is 178 Å². The van der Waals surface area contributed by atoms with Crippen molar-refractivity contribution >= 4 is 30.1 Å². The molecule has 1 N–H and O–H groups in total. The summed E-state index contributed by atoms with van der Waals surface area (Å²) in [5, 5.41) is 4.24. The number of carbonyl (C=O) groups excluding carboxylic acids is 1. The summed E-state index contributed by atoms with van der Waals surface area (Å²) >= 11 is 5.90. The summed E-state index contributed by atoms with van der Waals surface area (Å²) in [5.74, 6) is 1.34. The Morgan fingerprint density at radius 3 is 2.25 bits per heavy atom. The van der Waals surface area contributed by atoms with Crippen LogP contribution in [0, 0.1) is 0 Å². The molecule has 0 aliphatic heterocycles. The molecule has 0 radical (unpaired) electrons. The van der Waals surface area contributed by atoms with Crippen molar-refractivity contribution in [2.75, 3.05) is 27.2 Å². The largest absolute Gasteiger partial charge is 0.494 e. The minimum absolute atomic E-state index is 0. The lowest BCUT2D eigenvalue weighted by Gasteiger charge is -2.20. The Hall–Kier alpha value is -1.95. The number of hydrogen-bond acceptors (Lipinski definition) is 4. The second-order valence-electron chi connectivity index (χ2n) is 6.43. The van der Waals surface area contributed by atoms with Gasteiger partial charge in [0.1, 0.15) is 11.5 Å². The van der Waals surface area contributed by atoms with Crippen LogP contribution in [0.5, 0.6) is 11.5 Å². The van der Waals surface area contributed by atoms with Gasteiger partial charge < -0.3 is 19.7 Å². The van der Waals surface area contributed by atoms with Gasteiger partial charge in [-0.25, -0.2) is 4.79 Å². The third-order valence-electron chi connectivity index (χ3n) is 3.98. The maximum atomic E-state index is 11.6. The van der Waals surface area contributed by atoms with Crippen LogP contribution < -0.4 is 14.8 Å². The lowest BCUT2D eigenvalue weighted by Crippen LogP contribution is -2.25. The number of nitrogens with one attached hydrogen (secondary N) is 1. The Bertz CT molecular complexity index is 707.